The summed E-state index contributed by atoms with van der Waals surface area (Å²) in [6.07, 6.45) is 3.98. The average molecular weight is 544 g/mol. The van der Waals surface area contributed by atoms with E-state index in [0.29, 0.717) is 37.4 Å². The molecule has 210 valence electrons. The number of methoxy groups -OCH3 is 1. The van der Waals surface area contributed by atoms with Crippen LogP contribution in [0, 0.1) is 0 Å². The first-order chi connectivity index (χ1) is 19.5. The van der Waals surface area contributed by atoms with Gasteiger partial charge in [0.15, 0.2) is 6.61 Å². The lowest BCUT2D eigenvalue weighted by molar-refractivity contribution is -0.131. The molecule has 0 aliphatic heterocycles. The normalized spacial score (nSPS) is 11.7. The number of aliphatic hydroxyl groups excluding tert-OH is 1. The molecule has 0 aliphatic rings. The summed E-state index contributed by atoms with van der Waals surface area (Å²) >= 11 is 0. The monoisotopic (exact) mass is 543 g/mol. The molecular weight excluding hydrogens is 506 g/mol. The number of carbonyl (C=O) groups is 2. The Morgan fingerprint density at radius 3 is 2.50 bits per heavy atom. The van der Waals surface area contributed by atoms with Crippen molar-refractivity contribution in [3.8, 4) is 11.5 Å². The van der Waals surface area contributed by atoms with Crippen molar-refractivity contribution in [3.05, 3.63) is 95.7 Å². The van der Waals surface area contributed by atoms with E-state index >= 15 is 0 Å². The summed E-state index contributed by atoms with van der Waals surface area (Å²) in [6, 6.07) is 22.8. The number of carbonyl (C=O) groups excluding carboxylic acids is 2. The third kappa shape index (κ3) is 7.86. The number of fused-ring (bicyclic) bond motifs is 1. The van der Waals surface area contributed by atoms with Crippen LogP contribution in [0.3, 0.4) is 0 Å². The molecule has 4 rings (SSSR count). The number of H-pyrrole nitrogens is 1. The Kier molecular flexibility index (Phi) is 10.2. The summed E-state index contributed by atoms with van der Waals surface area (Å²) in [7, 11) is 1.61. The Morgan fingerprint density at radius 2 is 1.75 bits per heavy atom. The number of aromatic nitrogens is 1. The molecule has 0 aliphatic carbocycles. The van der Waals surface area contributed by atoms with Crippen LogP contribution in [-0.2, 0) is 29.0 Å². The van der Waals surface area contributed by atoms with E-state index in [1.165, 1.54) is 6.92 Å². The summed E-state index contributed by atoms with van der Waals surface area (Å²) < 4.78 is 11.2. The first kappa shape index (κ1) is 28.7. The number of hydrogen-bond acceptors (Lipinski definition) is 5. The molecule has 1 aromatic heterocycles. The second kappa shape index (κ2) is 14.2. The van der Waals surface area contributed by atoms with Gasteiger partial charge in [-0.25, -0.2) is 0 Å². The second-order valence-electron chi connectivity index (χ2n) is 9.80. The van der Waals surface area contributed by atoms with Crippen LogP contribution in [-0.4, -0.2) is 59.7 Å². The van der Waals surface area contributed by atoms with E-state index in [4.69, 9.17) is 14.6 Å². The number of aryl methyl sites for hydroxylation is 1. The summed E-state index contributed by atoms with van der Waals surface area (Å²) in [4.78, 5) is 30.8. The molecule has 8 nitrogen and oxygen atoms in total. The van der Waals surface area contributed by atoms with Crippen molar-refractivity contribution in [2.45, 2.75) is 38.8 Å². The predicted octanol–water partition coefficient (Wildman–Crippen LogP) is 4.26. The van der Waals surface area contributed by atoms with Crippen LogP contribution in [0.1, 0.15) is 30.0 Å². The SMILES string of the molecule is COc1ccccc1CN(CC(Cc1c[nH]c2ccccc12)NC(=O)COc1ccc(CCCO)cc1)C(C)=O. The summed E-state index contributed by atoms with van der Waals surface area (Å²) in [5, 5.41) is 13.2. The number of hydrogen-bond donors (Lipinski definition) is 3. The van der Waals surface area contributed by atoms with Gasteiger partial charge in [-0.15, -0.1) is 0 Å². The summed E-state index contributed by atoms with van der Waals surface area (Å²) in [5.74, 6) is 0.941. The third-order valence-corrected chi connectivity index (χ3v) is 6.86. The maximum Gasteiger partial charge on any atom is 0.258 e. The van der Waals surface area contributed by atoms with E-state index in [1.54, 1.807) is 12.0 Å². The number of aromatic amines is 1. The fourth-order valence-electron chi connectivity index (χ4n) is 4.79. The third-order valence-electron chi connectivity index (χ3n) is 6.86. The molecule has 0 fully saturated rings. The van der Waals surface area contributed by atoms with Crippen LogP contribution < -0.4 is 14.8 Å². The topological polar surface area (TPSA) is 104 Å². The maximum absolute atomic E-state index is 13.0. The highest BCUT2D eigenvalue weighted by Gasteiger charge is 2.22. The van der Waals surface area contributed by atoms with Gasteiger partial charge in [0.1, 0.15) is 11.5 Å². The van der Waals surface area contributed by atoms with Gasteiger partial charge in [-0.2, -0.15) is 0 Å². The molecule has 1 unspecified atom stereocenters. The van der Waals surface area contributed by atoms with E-state index in [2.05, 4.69) is 10.3 Å². The minimum Gasteiger partial charge on any atom is -0.496 e. The van der Waals surface area contributed by atoms with E-state index in [-0.39, 0.29) is 31.1 Å². The molecule has 1 heterocycles. The minimum atomic E-state index is -0.352. The van der Waals surface area contributed by atoms with Gasteiger partial charge in [0.2, 0.25) is 5.91 Å². The molecule has 0 saturated carbocycles. The largest absolute Gasteiger partial charge is 0.496 e. The number of nitrogens with one attached hydrogen (secondary N) is 2. The van der Waals surface area contributed by atoms with Gasteiger partial charge in [0, 0.05) is 49.3 Å². The van der Waals surface area contributed by atoms with Crippen LogP contribution in [0.25, 0.3) is 10.9 Å². The Morgan fingerprint density at radius 1 is 1.00 bits per heavy atom. The fourth-order valence-corrected chi connectivity index (χ4v) is 4.79. The zero-order valence-electron chi connectivity index (χ0n) is 23.1. The first-order valence-electron chi connectivity index (χ1n) is 13.5. The number of aliphatic hydroxyl groups is 1. The van der Waals surface area contributed by atoms with Crippen molar-refractivity contribution in [1.29, 1.82) is 0 Å². The summed E-state index contributed by atoms with van der Waals surface area (Å²) in [5.41, 5.74) is 4.07. The van der Waals surface area contributed by atoms with Crippen LogP contribution in [0.2, 0.25) is 0 Å². The van der Waals surface area contributed by atoms with Gasteiger partial charge >= 0.3 is 0 Å². The van der Waals surface area contributed by atoms with Gasteiger partial charge in [-0.3, -0.25) is 9.59 Å². The number of ether oxygens (including phenoxy) is 2. The molecule has 2 amide bonds. The predicted molar refractivity (Wildman–Crippen MR) is 155 cm³/mol. The molecule has 0 radical (unpaired) electrons. The lowest BCUT2D eigenvalue weighted by Gasteiger charge is -2.28. The van der Waals surface area contributed by atoms with Crippen LogP contribution in [0.4, 0.5) is 0 Å². The first-order valence-corrected chi connectivity index (χ1v) is 13.5. The van der Waals surface area contributed by atoms with Crippen molar-refractivity contribution in [2.24, 2.45) is 0 Å². The molecule has 8 heteroatoms. The van der Waals surface area contributed by atoms with Crippen molar-refractivity contribution in [3.63, 3.8) is 0 Å². The Bertz CT molecular complexity index is 1400. The second-order valence-corrected chi connectivity index (χ2v) is 9.80. The van der Waals surface area contributed by atoms with Crippen LogP contribution >= 0.6 is 0 Å². The van der Waals surface area contributed by atoms with E-state index < -0.39 is 0 Å². The van der Waals surface area contributed by atoms with Gasteiger partial charge in [0.25, 0.3) is 5.91 Å². The lowest BCUT2D eigenvalue weighted by atomic mass is 10.0. The standard InChI is InChI=1S/C32H37N3O5/c1-23(37)35(20-25-9-3-6-12-31(25)39-2)21-27(18-26-19-33-30-11-5-4-10-29(26)30)34-32(38)22-40-28-15-13-24(14-16-28)8-7-17-36/h3-6,9-16,19,27,33,36H,7-8,17-18,20-22H2,1-2H3,(H,34,38). The number of rotatable bonds is 14. The minimum absolute atomic E-state index is 0.0957. The van der Waals surface area contributed by atoms with E-state index in [1.807, 2.05) is 79.0 Å². The van der Waals surface area contributed by atoms with E-state index in [0.717, 1.165) is 34.0 Å². The molecule has 0 bridgehead atoms. The highest BCUT2D eigenvalue weighted by atomic mass is 16.5. The zero-order valence-corrected chi connectivity index (χ0v) is 23.1. The molecular formula is C32H37N3O5. The Balaban J connectivity index is 1.47. The van der Waals surface area contributed by atoms with Gasteiger partial charge in [-0.05, 0) is 54.7 Å². The van der Waals surface area contributed by atoms with Crippen molar-refractivity contribution in [2.75, 3.05) is 26.9 Å². The smallest absolute Gasteiger partial charge is 0.258 e. The van der Waals surface area contributed by atoms with Gasteiger partial charge in [-0.1, -0.05) is 48.5 Å². The molecule has 0 spiro atoms. The number of para-hydroxylation sites is 2. The Labute approximate surface area is 234 Å². The van der Waals surface area contributed by atoms with Gasteiger partial charge < -0.3 is 29.8 Å². The van der Waals surface area contributed by atoms with Crippen molar-refractivity contribution < 1.29 is 24.2 Å². The molecule has 0 saturated heterocycles. The van der Waals surface area contributed by atoms with Gasteiger partial charge in [0.05, 0.1) is 13.2 Å². The van der Waals surface area contributed by atoms with Crippen LogP contribution in [0.5, 0.6) is 11.5 Å². The number of benzene rings is 3. The van der Waals surface area contributed by atoms with Crippen molar-refractivity contribution in [1.82, 2.24) is 15.2 Å². The maximum atomic E-state index is 13.0. The molecule has 3 N–H and O–H groups in total. The summed E-state index contributed by atoms with van der Waals surface area (Å²) in [6.45, 7) is 2.22. The van der Waals surface area contributed by atoms with Crippen molar-refractivity contribution >= 4 is 22.7 Å². The van der Waals surface area contributed by atoms with E-state index in [9.17, 15) is 9.59 Å². The average Bonchev–Trinajstić information content (AvgIpc) is 3.38. The number of nitrogens with zero attached hydrogens (tertiary/aromatic N) is 1. The Hall–Kier alpha value is -4.30. The lowest BCUT2D eigenvalue weighted by Crippen LogP contribution is -2.47. The number of amides is 2. The highest BCUT2D eigenvalue weighted by molar-refractivity contribution is 5.83. The molecule has 1 atom stereocenters. The zero-order chi connectivity index (χ0) is 28.3. The molecule has 4 aromatic rings. The molecule has 40 heavy (non-hydrogen) atoms. The molecule has 3 aromatic carbocycles. The van der Waals surface area contributed by atoms with Crippen LogP contribution in [0.15, 0.2) is 79.0 Å². The highest BCUT2D eigenvalue weighted by Crippen LogP contribution is 2.22. The fraction of sp³-hybridized carbons (Fsp3) is 0.312. The quantitative estimate of drug-likeness (QED) is 0.221.